The molecule has 0 aliphatic carbocycles. The van der Waals surface area contributed by atoms with Crippen LogP contribution in [0.1, 0.15) is 5.56 Å². The Morgan fingerprint density at radius 3 is 2.38 bits per heavy atom. The van der Waals surface area contributed by atoms with Gasteiger partial charge in [-0.25, -0.2) is 0 Å². The number of hydrazone groups is 1. The van der Waals surface area contributed by atoms with E-state index in [1.165, 1.54) is 5.69 Å². The van der Waals surface area contributed by atoms with Crippen LogP contribution < -0.4 is 10.3 Å². The van der Waals surface area contributed by atoms with E-state index < -0.39 is 0 Å². The number of nitrogens with zero attached hydrogens (tertiary/aromatic N) is 3. The van der Waals surface area contributed by atoms with Crippen LogP contribution in [-0.2, 0) is 0 Å². The number of piperazine rings is 1. The predicted octanol–water partition coefficient (Wildman–Crippen LogP) is 2.42. The minimum absolute atomic E-state index is 0.199. The summed E-state index contributed by atoms with van der Waals surface area (Å²) < 4.78 is 0. The first-order valence-electron chi connectivity index (χ1n) is 7.90. The second-order valence-corrected chi connectivity index (χ2v) is 5.93. The van der Waals surface area contributed by atoms with E-state index in [1.807, 2.05) is 12.1 Å². The number of nitrogens with one attached hydrogen (secondary N) is 1. The van der Waals surface area contributed by atoms with Crippen LogP contribution in [0.15, 0.2) is 59.7 Å². The number of thiocarbonyl (C=S) groups is 1. The lowest BCUT2D eigenvalue weighted by Gasteiger charge is -2.36. The van der Waals surface area contributed by atoms with Gasteiger partial charge in [0.25, 0.3) is 0 Å². The summed E-state index contributed by atoms with van der Waals surface area (Å²) in [4.78, 5) is 4.46. The average Bonchev–Trinajstić information content (AvgIpc) is 2.64. The molecule has 1 saturated heterocycles. The third kappa shape index (κ3) is 4.02. The van der Waals surface area contributed by atoms with Crippen molar-refractivity contribution in [2.45, 2.75) is 0 Å². The highest BCUT2D eigenvalue weighted by Gasteiger charge is 2.18. The van der Waals surface area contributed by atoms with E-state index in [-0.39, 0.29) is 5.75 Å². The highest BCUT2D eigenvalue weighted by atomic mass is 32.1. The van der Waals surface area contributed by atoms with Crippen molar-refractivity contribution in [3.63, 3.8) is 0 Å². The zero-order valence-electron chi connectivity index (χ0n) is 13.3. The number of anilines is 1. The molecule has 0 amide bonds. The van der Waals surface area contributed by atoms with Crippen LogP contribution in [0.2, 0.25) is 0 Å². The fourth-order valence-electron chi connectivity index (χ4n) is 2.63. The Morgan fingerprint density at radius 1 is 1.00 bits per heavy atom. The number of hydrogen-bond donors (Lipinski definition) is 2. The molecular formula is C18H20N4OS. The lowest BCUT2D eigenvalue weighted by molar-refractivity contribution is 0.381. The van der Waals surface area contributed by atoms with Crippen LogP contribution in [-0.4, -0.2) is 47.5 Å². The molecule has 124 valence electrons. The topological polar surface area (TPSA) is 51.1 Å². The summed E-state index contributed by atoms with van der Waals surface area (Å²) in [5.41, 5.74) is 4.78. The van der Waals surface area contributed by atoms with E-state index in [1.54, 1.807) is 24.4 Å². The second kappa shape index (κ2) is 7.79. The normalized spacial score (nSPS) is 14.8. The fraction of sp³-hybridized carbons (Fsp3) is 0.222. The van der Waals surface area contributed by atoms with Crippen molar-refractivity contribution in [1.29, 1.82) is 0 Å². The molecule has 2 aromatic carbocycles. The monoisotopic (exact) mass is 340 g/mol. The number of aromatic hydroxyl groups is 1. The summed E-state index contributed by atoms with van der Waals surface area (Å²) >= 11 is 5.40. The largest absolute Gasteiger partial charge is 0.507 e. The highest BCUT2D eigenvalue weighted by Crippen LogP contribution is 2.15. The molecule has 0 radical (unpaired) electrons. The second-order valence-electron chi connectivity index (χ2n) is 5.54. The van der Waals surface area contributed by atoms with Crippen LogP contribution in [0.4, 0.5) is 5.69 Å². The van der Waals surface area contributed by atoms with Gasteiger partial charge < -0.3 is 14.9 Å². The van der Waals surface area contributed by atoms with Gasteiger partial charge in [-0.05, 0) is 36.5 Å². The minimum atomic E-state index is 0.199. The molecule has 1 aliphatic heterocycles. The van der Waals surface area contributed by atoms with Crippen molar-refractivity contribution in [2.24, 2.45) is 5.10 Å². The molecule has 5 nitrogen and oxygen atoms in total. The lowest BCUT2D eigenvalue weighted by atomic mass is 10.2. The Bertz CT molecular complexity index is 712. The third-order valence-corrected chi connectivity index (χ3v) is 4.34. The van der Waals surface area contributed by atoms with Crippen molar-refractivity contribution in [1.82, 2.24) is 10.3 Å². The van der Waals surface area contributed by atoms with E-state index in [0.29, 0.717) is 10.7 Å². The molecule has 0 unspecified atom stereocenters. The first kappa shape index (κ1) is 16.3. The zero-order valence-corrected chi connectivity index (χ0v) is 14.1. The van der Waals surface area contributed by atoms with Gasteiger partial charge in [0.2, 0.25) is 0 Å². The quantitative estimate of drug-likeness (QED) is 0.511. The molecule has 1 aliphatic rings. The summed E-state index contributed by atoms with van der Waals surface area (Å²) in [5, 5.41) is 14.4. The number of benzene rings is 2. The van der Waals surface area contributed by atoms with Gasteiger partial charge in [0.1, 0.15) is 5.75 Å². The molecule has 0 aromatic heterocycles. The van der Waals surface area contributed by atoms with Crippen LogP contribution in [0.3, 0.4) is 0 Å². The molecule has 0 saturated carbocycles. The van der Waals surface area contributed by atoms with Crippen molar-refractivity contribution in [2.75, 3.05) is 31.1 Å². The molecule has 6 heteroatoms. The first-order chi connectivity index (χ1) is 11.7. The maximum Gasteiger partial charge on any atom is 0.189 e. The molecule has 0 spiro atoms. The zero-order chi connectivity index (χ0) is 16.8. The lowest BCUT2D eigenvalue weighted by Crippen LogP contribution is -2.51. The van der Waals surface area contributed by atoms with Crippen LogP contribution in [0, 0.1) is 0 Å². The highest BCUT2D eigenvalue weighted by molar-refractivity contribution is 7.80. The van der Waals surface area contributed by atoms with Crippen molar-refractivity contribution >= 4 is 29.2 Å². The molecule has 1 heterocycles. The number of phenols is 1. The number of hydrogen-bond acceptors (Lipinski definition) is 4. The van der Waals surface area contributed by atoms with Gasteiger partial charge >= 0.3 is 0 Å². The van der Waals surface area contributed by atoms with E-state index >= 15 is 0 Å². The summed E-state index contributed by atoms with van der Waals surface area (Å²) in [6.45, 7) is 3.56. The van der Waals surface area contributed by atoms with E-state index in [0.717, 1.165) is 26.2 Å². The molecular weight excluding hydrogens is 320 g/mol. The molecule has 3 rings (SSSR count). The van der Waals surface area contributed by atoms with E-state index in [4.69, 9.17) is 12.2 Å². The van der Waals surface area contributed by atoms with Gasteiger partial charge in [-0.15, -0.1) is 0 Å². The molecule has 24 heavy (non-hydrogen) atoms. The Balaban J connectivity index is 1.50. The Morgan fingerprint density at radius 2 is 1.67 bits per heavy atom. The summed E-state index contributed by atoms with van der Waals surface area (Å²) in [7, 11) is 0. The number of rotatable bonds is 3. The Hall–Kier alpha value is -2.60. The summed E-state index contributed by atoms with van der Waals surface area (Å²) in [5.74, 6) is 0.199. The molecule has 2 N–H and O–H groups in total. The molecule has 2 aromatic rings. The van der Waals surface area contributed by atoms with Crippen molar-refractivity contribution < 1.29 is 5.11 Å². The van der Waals surface area contributed by atoms with Gasteiger partial charge in [-0.1, -0.05) is 30.3 Å². The molecule has 1 fully saturated rings. The first-order valence-corrected chi connectivity index (χ1v) is 8.31. The third-order valence-electron chi connectivity index (χ3n) is 3.99. The van der Waals surface area contributed by atoms with Crippen LogP contribution >= 0.6 is 12.2 Å². The number of para-hydroxylation sites is 2. The Kier molecular flexibility index (Phi) is 5.28. The van der Waals surface area contributed by atoms with Gasteiger partial charge in [-0.3, -0.25) is 5.43 Å². The standard InChI is InChI=1S/C18H20N4OS/c23-17-9-5-4-6-15(17)14-19-20-18(24)22-12-10-21(11-13-22)16-7-2-1-3-8-16/h1-9,14,23H,10-13H2,(H,20,24)/b19-14+. The van der Waals surface area contributed by atoms with Crippen molar-refractivity contribution in [3.8, 4) is 5.75 Å². The van der Waals surface area contributed by atoms with Crippen molar-refractivity contribution in [3.05, 3.63) is 60.2 Å². The van der Waals surface area contributed by atoms with Crippen LogP contribution in [0.25, 0.3) is 0 Å². The van der Waals surface area contributed by atoms with Gasteiger partial charge in [-0.2, -0.15) is 5.10 Å². The van der Waals surface area contributed by atoms with E-state index in [9.17, 15) is 5.11 Å². The average molecular weight is 340 g/mol. The summed E-state index contributed by atoms with van der Waals surface area (Å²) in [6.07, 6.45) is 1.57. The maximum absolute atomic E-state index is 9.69. The number of phenolic OH excluding ortho intramolecular Hbond substituents is 1. The van der Waals surface area contributed by atoms with Gasteiger partial charge in [0.15, 0.2) is 5.11 Å². The fourth-order valence-corrected chi connectivity index (χ4v) is 2.87. The van der Waals surface area contributed by atoms with E-state index in [2.05, 4.69) is 44.6 Å². The molecule has 0 bridgehead atoms. The predicted molar refractivity (Wildman–Crippen MR) is 102 cm³/mol. The van der Waals surface area contributed by atoms with Gasteiger partial charge in [0.05, 0.1) is 6.21 Å². The SMILES string of the molecule is Oc1ccccc1/C=N/NC(=S)N1CCN(c2ccccc2)CC1. The summed E-state index contributed by atoms with van der Waals surface area (Å²) in [6, 6.07) is 17.4. The molecule has 0 atom stereocenters. The smallest absolute Gasteiger partial charge is 0.189 e. The minimum Gasteiger partial charge on any atom is -0.507 e. The Labute approximate surface area is 147 Å². The maximum atomic E-state index is 9.69. The van der Waals surface area contributed by atoms with Gasteiger partial charge in [0, 0.05) is 37.4 Å². The van der Waals surface area contributed by atoms with Crippen LogP contribution in [0.5, 0.6) is 5.75 Å².